The van der Waals surface area contributed by atoms with Crippen molar-refractivity contribution in [1.82, 2.24) is 0 Å². The summed E-state index contributed by atoms with van der Waals surface area (Å²) in [5.74, 6) is 0. The number of hydrogen-bond acceptors (Lipinski definition) is 0. The Morgan fingerprint density at radius 3 is 1.80 bits per heavy atom. The van der Waals surface area contributed by atoms with E-state index in [-0.39, 0.29) is 18.3 Å². The normalized spacial score (nSPS) is 8.40. The fraction of sp³-hybridized carbons (Fsp3) is 1.00. The van der Waals surface area contributed by atoms with Gasteiger partial charge in [-0.15, -0.1) is 0 Å². The molecule has 0 saturated heterocycles. The van der Waals surface area contributed by atoms with Gasteiger partial charge in [0.15, 0.2) is 0 Å². The Morgan fingerprint density at radius 2 is 1.80 bits per heavy atom. The summed E-state index contributed by atoms with van der Waals surface area (Å²) in [6, 6.07) is 0. The first-order valence-corrected chi connectivity index (χ1v) is 6.61. The van der Waals surface area contributed by atoms with Crippen LogP contribution in [0.3, 0.4) is 0 Å². The second-order valence-electron chi connectivity index (χ2n) is 1.35. The number of hydrogen-bond donors (Lipinski definition) is 0. The molecule has 0 heterocycles. The average molecular weight is 135 g/mol. The predicted molar refractivity (Wildman–Crippen MR) is 31.7 cm³/mol. The zero-order chi connectivity index (χ0) is 4.12. The Bertz CT molecular complexity index is 17.2. The molecule has 0 aromatic heterocycles. The third-order valence-electron chi connectivity index (χ3n) is 0.707. The fourth-order valence-corrected chi connectivity index (χ4v) is 1.84. The Morgan fingerprint density at radius 1 is 1.40 bits per heavy atom. The van der Waals surface area contributed by atoms with E-state index in [1.165, 1.54) is 10.5 Å². The molecule has 0 aliphatic rings. The summed E-state index contributed by atoms with van der Waals surface area (Å²) in [7, 11) is 0. The fourth-order valence-electron chi connectivity index (χ4n) is 0.354. The maximum Gasteiger partial charge on any atom is -1.00 e. The van der Waals surface area contributed by atoms with Gasteiger partial charge in [0.05, 0.1) is 0 Å². The summed E-state index contributed by atoms with van der Waals surface area (Å²) >= 11 is 0.0972. The van der Waals surface area contributed by atoms with Crippen molar-refractivity contribution in [1.29, 1.82) is 0 Å². The van der Waals surface area contributed by atoms with Crippen molar-refractivity contribution in [2.45, 2.75) is 24.4 Å². The summed E-state index contributed by atoms with van der Waals surface area (Å²) in [5, 5.41) is 3.06. The molecule has 0 atom stereocenters. The SMILES string of the molecule is C[CH2][GeH2][CH2]C.[H-].[H-]. The van der Waals surface area contributed by atoms with Gasteiger partial charge in [-0.1, -0.05) is 0 Å². The molecule has 0 aliphatic carbocycles. The van der Waals surface area contributed by atoms with Crippen molar-refractivity contribution in [3.63, 3.8) is 0 Å². The molecule has 5 heavy (non-hydrogen) atoms. The van der Waals surface area contributed by atoms with E-state index in [9.17, 15) is 0 Å². The van der Waals surface area contributed by atoms with Gasteiger partial charge in [-0.05, 0) is 0 Å². The minimum Gasteiger partial charge on any atom is -1.00 e. The molecule has 0 unspecified atom stereocenters. The maximum absolute atomic E-state index is 2.30. The maximum atomic E-state index is 2.30. The van der Waals surface area contributed by atoms with E-state index in [1.54, 1.807) is 0 Å². The number of rotatable bonds is 2. The van der Waals surface area contributed by atoms with Crippen LogP contribution in [-0.4, -0.2) is 15.4 Å². The van der Waals surface area contributed by atoms with Crippen molar-refractivity contribution in [2.75, 3.05) is 0 Å². The first-order chi connectivity index (χ1) is 2.41. The van der Waals surface area contributed by atoms with Crippen LogP contribution < -0.4 is 0 Å². The first kappa shape index (κ1) is 5.54. The molecule has 0 N–H and O–H groups in total. The van der Waals surface area contributed by atoms with Crippen LogP contribution in [0.2, 0.25) is 10.5 Å². The second kappa shape index (κ2) is 4.54. The van der Waals surface area contributed by atoms with Crippen LogP contribution in [0.5, 0.6) is 0 Å². The minimum atomic E-state index is 0. The van der Waals surface area contributed by atoms with Crippen LogP contribution in [0.25, 0.3) is 0 Å². The van der Waals surface area contributed by atoms with E-state index < -0.39 is 0 Å². The average Bonchev–Trinajstić information content (AvgIpc) is 1.41. The van der Waals surface area contributed by atoms with Crippen LogP contribution in [0.1, 0.15) is 16.7 Å². The van der Waals surface area contributed by atoms with Gasteiger partial charge in [-0.2, -0.15) is 0 Å². The second-order valence-corrected chi connectivity index (χ2v) is 7.03. The standard InChI is InChI=1S/C4H12Ge.2H/c1-3-5-4-2;;/h3-5H2,1-2H3;;/q;2*-1. The van der Waals surface area contributed by atoms with E-state index in [1.807, 2.05) is 0 Å². The van der Waals surface area contributed by atoms with Gasteiger partial charge in [0.2, 0.25) is 0 Å². The molecule has 0 aromatic rings. The van der Waals surface area contributed by atoms with Crippen molar-refractivity contribution in [3.05, 3.63) is 0 Å². The van der Waals surface area contributed by atoms with Gasteiger partial charge in [-0.25, -0.2) is 0 Å². The molecule has 0 amide bonds. The quantitative estimate of drug-likeness (QED) is 0.499. The van der Waals surface area contributed by atoms with Gasteiger partial charge >= 0.3 is 39.8 Å². The van der Waals surface area contributed by atoms with Crippen molar-refractivity contribution in [3.8, 4) is 0 Å². The Hall–Kier alpha value is 0.543. The van der Waals surface area contributed by atoms with Crippen LogP contribution in [0.15, 0.2) is 0 Å². The van der Waals surface area contributed by atoms with Gasteiger partial charge in [0.1, 0.15) is 0 Å². The first-order valence-electron chi connectivity index (χ1n) is 2.41. The van der Waals surface area contributed by atoms with E-state index in [0.717, 1.165) is 0 Å². The molecule has 0 rings (SSSR count). The smallest absolute Gasteiger partial charge is 1.00 e. The summed E-state index contributed by atoms with van der Waals surface area (Å²) < 4.78 is 0. The van der Waals surface area contributed by atoms with Crippen LogP contribution in [0, 0.1) is 0 Å². The molecule has 1 heteroatoms. The molecule has 36 valence electrons. The largest absolute Gasteiger partial charge is 1.00 e. The molecular weight excluding hydrogens is 121 g/mol. The predicted octanol–water partition coefficient (Wildman–Crippen LogP) is 1.26. The van der Waals surface area contributed by atoms with Crippen LogP contribution >= 0.6 is 0 Å². The summed E-state index contributed by atoms with van der Waals surface area (Å²) in [4.78, 5) is 0. The van der Waals surface area contributed by atoms with Gasteiger partial charge in [-0.3, -0.25) is 0 Å². The van der Waals surface area contributed by atoms with Crippen molar-refractivity contribution >= 4 is 15.4 Å². The van der Waals surface area contributed by atoms with Gasteiger partial charge < -0.3 is 2.85 Å². The van der Waals surface area contributed by atoms with Crippen molar-refractivity contribution in [2.24, 2.45) is 0 Å². The molecule has 0 fully saturated rings. The Labute approximate surface area is 43.4 Å². The molecule has 0 spiro atoms. The minimum absolute atomic E-state index is 0. The summed E-state index contributed by atoms with van der Waals surface area (Å²) in [5.41, 5.74) is 0. The molecule has 0 nitrogen and oxygen atoms in total. The Kier molecular flexibility index (Phi) is 5.04. The van der Waals surface area contributed by atoms with Crippen molar-refractivity contribution < 1.29 is 2.85 Å². The molecule has 0 aromatic carbocycles. The Balaban J connectivity index is -0.0000000800. The summed E-state index contributed by atoms with van der Waals surface area (Å²) in [6.07, 6.45) is 0. The van der Waals surface area contributed by atoms with Crippen LogP contribution in [-0.2, 0) is 0 Å². The molecule has 0 aliphatic heterocycles. The topological polar surface area (TPSA) is 0 Å². The summed E-state index contributed by atoms with van der Waals surface area (Å²) in [6.45, 7) is 4.59. The third-order valence-corrected chi connectivity index (χ3v) is 3.67. The zero-order valence-corrected chi connectivity index (χ0v) is 7.09. The van der Waals surface area contributed by atoms with Crippen LogP contribution in [0.4, 0.5) is 0 Å². The van der Waals surface area contributed by atoms with E-state index >= 15 is 0 Å². The molecule has 0 bridgehead atoms. The molecule has 0 saturated carbocycles. The van der Waals surface area contributed by atoms with E-state index in [0.29, 0.717) is 0 Å². The zero-order valence-electron chi connectivity index (χ0n) is 6.12. The third kappa shape index (κ3) is 4.54. The molecule has 0 radical (unpaired) electrons. The van der Waals surface area contributed by atoms with E-state index in [2.05, 4.69) is 13.8 Å². The van der Waals surface area contributed by atoms with Gasteiger partial charge in [0.25, 0.3) is 0 Å². The van der Waals surface area contributed by atoms with E-state index in [4.69, 9.17) is 0 Å². The van der Waals surface area contributed by atoms with Gasteiger partial charge in [0, 0.05) is 0 Å². The molecular formula is C4H14Ge-2. The monoisotopic (exact) mass is 136 g/mol.